The average molecular weight is 594 g/mol. The smallest absolute Gasteiger partial charge is 0.378 e. The summed E-state index contributed by atoms with van der Waals surface area (Å²) >= 11 is 6.50. The summed E-state index contributed by atoms with van der Waals surface area (Å²) in [5.41, 5.74) is -2.60. The molecule has 0 bridgehead atoms. The van der Waals surface area contributed by atoms with Crippen LogP contribution in [0, 0.1) is 11.8 Å². The molecular weight excluding hydrogens is 559 g/mol. The number of hydrogen-bond donors (Lipinski definition) is 1. The van der Waals surface area contributed by atoms with Gasteiger partial charge in [0.2, 0.25) is 0 Å². The highest BCUT2D eigenvalue weighted by Gasteiger charge is 2.62. The van der Waals surface area contributed by atoms with Crippen LogP contribution in [0.15, 0.2) is 48.5 Å². The number of carbonyl (C=O) groups is 2. The number of hydrogen-bond acceptors (Lipinski definition) is 5. The molecule has 0 radical (unpaired) electrons. The van der Waals surface area contributed by atoms with Gasteiger partial charge in [0, 0.05) is 57.6 Å². The molecule has 3 aliphatic rings. The zero-order valence-electron chi connectivity index (χ0n) is 22.9. The molecule has 2 aromatic carbocycles. The summed E-state index contributed by atoms with van der Waals surface area (Å²) in [7, 11) is 1.63. The van der Waals surface area contributed by atoms with Crippen LogP contribution in [0.25, 0.3) is 0 Å². The van der Waals surface area contributed by atoms with Crippen molar-refractivity contribution in [2.75, 3.05) is 51.3 Å². The summed E-state index contributed by atoms with van der Waals surface area (Å²) < 4.78 is 47.2. The standard InChI is InChI=1S/C30H35ClF3N3O4/c1-41-24-18-37(19-24)27(38)25-8-7-23(17-26(25)31)35-13-9-20(10-14-35)21-11-15-36(16-12-21)28(39)29(40,30(32,33)34)22-5-3-2-4-6-22/h2-8,17,20-21,24,40H,9-16,18-19H2,1H3/t29-/m1/s1. The first-order valence-electron chi connectivity index (χ1n) is 14.0. The van der Waals surface area contributed by atoms with Crippen molar-refractivity contribution in [2.45, 2.75) is 43.6 Å². The van der Waals surface area contributed by atoms with E-state index in [9.17, 15) is 27.9 Å². The van der Waals surface area contributed by atoms with Crippen molar-refractivity contribution in [2.24, 2.45) is 11.8 Å². The fourth-order valence-electron chi connectivity index (χ4n) is 6.32. The molecule has 3 aliphatic heterocycles. The van der Waals surface area contributed by atoms with E-state index in [1.807, 2.05) is 12.1 Å². The van der Waals surface area contributed by atoms with Gasteiger partial charge in [-0.3, -0.25) is 9.59 Å². The maximum absolute atomic E-state index is 14.0. The molecule has 0 unspecified atom stereocenters. The molecule has 0 aliphatic carbocycles. The van der Waals surface area contributed by atoms with Crippen LogP contribution >= 0.6 is 11.6 Å². The van der Waals surface area contributed by atoms with Crippen LogP contribution < -0.4 is 4.90 Å². The van der Waals surface area contributed by atoms with Crippen molar-refractivity contribution in [3.05, 3.63) is 64.7 Å². The largest absolute Gasteiger partial charge is 0.430 e. The van der Waals surface area contributed by atoms with Gasteiger partial charge in [-0.25, -0.2) is 0 Å². The van der Waals surface area contributed by atoms with Crippen molar-refractivity contribution in [3.8, 4) is 0 Å². The molecule has 2 amide bonds. The SMILES string of the molecule is COC1CN(C(=O)c2ccc(N3CCC(C4CCN(C(=O)[C@](O)(c5ccccc5)C(F)(F)F)CC4)CC3)cc2Cl)C1. The van der Waals surface area contributed by atoms with Crippen LogP contribution in [0.4, 0.5) is 18.9 Å². The van der Waals surface area contributed by atoms with Gasteiger partial charge in [-0.2, -0.15) is 13.2 Å². The summed E-state index contributed by atoms with van der Waals surface area (Å²) in [6.07, 6.45) is -2.03. The Balaban J connectivity index is 1.14. The summed E-state index contributed by atoms with van der Waals surface area (Å²) in [4.78, 5) is 30.9. The third-order valence-corrected chi connectivity index (χ3v) is 9.27. The van der Waals surface area contributed by atoms with Gasteiger partial charge >= 0.3 is 6.18 Å². The van der Waals surface area contributed by atoms with E-state index in [4.69, 9.17) is 16.3 Å². The van der Waals surface area contributed by atoms with E-state index in [-0.39, 0.29) is 25.1 Å². The van der Waals surface area contributed by atoms with Gasteiger partial charge in [0.05, 0.1) is 16.7 Å². The predicted octanol–water partition coefficient (Wildman–Crippen LogP) is 4.72. The van der Waals surface area contributed by atoms with Crippen LogP contribution in [0.5, 0.6) is 0 Å². The van der Waals surface area contributed by atoms with Crippen molar-refractivity contribution in [1.82, 2.24) is 9.80 Å². The van der Waals surface area contributed by atoms with E-state index >= 15 is 0 Å². The van der Waals surface area contributed by atoms with Crippen LogP contribution in [-0.4, -0.2) is 85.4 Å². The zero-order chi connectivity index (χ0) is 29.4. The highest BCUT2D eigenvalue weighted by molar-refractivity contribution is 6.34. The first-order valence-corrected chi connectivity index (χ1v) is 14.4. The number of piperidine rings is 2. The van der Waals surface area contributed by atoms with E-state index in [0.29, 0.717) is 48.4 Å². The van der Waals surface area contributed by atoms with Crippen LogP contribution in [0.3, 0.4) is 0 Å². The molecule has 5 rings (SSSR count). The summed E-state index contributed by atoms with van der Waals surface area (Å²) in [5, 5.41) is 11.1. The Morgan fingerprint density at radius 2 is 1.49 bits per heavy atom. The monoisotopic (exact) mass is 593 g/mol. The van der Waals surface area contributed by atoms with Crippen LogP contribution in [0.1, 0.15) is 41.6 Å². The number of nitrogens with zero attached hydrogens (tertiary/aromatic N) is 3. The number of carbonyl (C=O) groups excluding carboxylic acids is 2. The second-order valence-electron chi connectivity index (χ2n) is 11.3. The number of amides is 2. The number of benzene rings is 2. The number of likely N-dealkylation sites (tertiary alicyclic amines) is 2. The number of alkyl halides is 3. The lowest BCUT2D eigenvalue weighted by atomic mass is 9.78. The van der Waals surface area contributed by atoms with Gasteiger partial charge in [0.1, 0.15) is 0 Å². The quantitative estimate of drug-likeness (QED) is 0.525. The number of ether oxygens (including phenoxy) is 1. The fourth-order valence-corrected chi connectivity index (χ4v) is 6.57. The number of anilines is 1. The number of halogens is 4. The molecule has 3 fully saturated rings. The fraction of sp³-hybridized carbons (Fsp3) is 0.533. The predicted molar refractivity (Wildman–Crippen MR) is 149 cm³/mol. The minimum absolute atomic E-state index is 0.0726. The summed E-state index contributed by atoms with van der Waals surface area (Å²) in [6.45, 7) is 3.09. The minimum atomic E-state index is -5.13. The van der Waals surface area contributed by atoms with Crippen LogP contribution in [0.2, 0.25) is 5.02 Å². The number of rotatable bonds is 6. The first-order chi connectivity index (χ1) is 19.5. The van der Waals surface area contributed by atoms with E-state index in [2.05, 4.69) is 4.90 Å². The highest BCUT2D eigenvalue weighted by Crippen LogP contribution is 2.42. The molecule has 3 heterocycles. The summed E-state index contributed by atoms with van der Waals surface area (Å²) in [6, 6.07) is 12.1. The lowest BCUT2D eigenvalue weighted by molar-refractivity contribution is -0.262. The second-order valence-corrected chi connectivity index (χ2v) is 11.7. The van der Waals surface area contributed by atoms with Gasteiger partial charge < -0.3 is 24.5 Å². The number of methoxy groups -OCH3 is 1. The topological polar surface area (TPSA) is 73.3 Å². The van der Waals surface area contributed by atoms with Gasteiger partial charge in [0.25, 0.3) is 17.4 Å². The van der Waals surface area contributed by atoms with Gasteiger partial charge in [-0.1, -0.05) is 41.9 Å². The number of aliphatic hydroxyl groups is 1. The first kappa shape index (κ1) is 29.7. The maximum atomic E-state index is 14.0. The molecule has 2 aromatic rings. The molecule has 11 heteroatoms. The average Bonchev–Trinajstić information content (AvgIpc) is 2.95. The molecule has 1 N–H and O–H groups in total. The zero-order valence-corrected chi connectivity index (χ0v) is 23.7. The Morgan fingerprint density at radius 3 is 2.02 bits per heavy atom. The lowest BCUT2D eigenvalue weighted by Gasteiger charge is -2.42. The molecule has 3 saturated heterocycles. The van der Waals surface area contributed by atoms with Crippen LogP contribution in [-0.2, 0) is 15.1 Å². The molecule has 0 aromatic heterocycles. The molecule has 222 valence electrons. The van der Waals surface area contributed by atoms with E-state index < -0.39 is 23.2 Å². The third kappa shape index (κ3) is 5.79. The van der Waals surface area contributed by atoms with Crippen molar-refractivity contribution in [1.29, 1.82) is 0 Å². The van der Waals surface area contributed by atoms with E-state index in [1.165, 1.54) is 18.2 Å². The van der Waals surface area contributed by atoms with Gasteiger partial charge in [-0.05, 0) is 55.7 Å². The highest BCUT2D eigenvalue weighted by atomic mass is 35.5. The Morgan fingerprint density at radius 1 is 0.902 bits per heavy atom. The molecular formula is C30H35ClF3N3O4. The molecule has 7 nitrogen and oxygen atoms in total. The molecule has 1 atom stereocenters. The molecule has 41 heavy (non-hydrogen) atoms. The Kier molecular flexibility index (Phi) is 8.55. The van der Waals surface area contributed by atoms with E-state index in [0.717, 1.165) is 48.7 Å². The second kappa shape index (κ2) is 11.8. The van der Waals surface area contributed by atoms with Crippen molar-refractivity contribution in [3.63, 3.8) is 0 Å². The summed E-state index contributed by atoms with van der Waals surface area (Å²) in [5.74, 6) is -0.713. The third-order valence-electron chi connectivity index (χ3n) is 8.96. The van der Waals surface area contributed by atoms with Crippen molar-refractivity contribution >= 4 is 29.1 Å². The normalized spacial score (nSPS) is 21.0. The molecule has 0 spiro atoms. The Bertz CT molecular complexity index is 1240. The van der Waals surface area contributed by atoms with Crippen molar-refractivity contribution < 1.29 is 32.6 Å². The molecule has 0 saturated carbocycles. The maximum Gasteiger partial charge on any atom is 0.430 e. The van der Waals surface area contributed by atoms with Gasteiger partial charge in [0.15, 0.2) is 0 Å². The van der Waals surface area contributed by atoms with Gasteiger partial charge in [-0.15, -0.1) is 0 Å². The lowest BCUT2D eigenvalue weighted by Crippen LogP contribution is -2.57. The Labute approximate surface area is 242 Å². The minimum Gasteiger partial charge on any atom is -0.378 e. The Hall–Kier alpha value is -2.82. The van der Waals surface area contributed by atoms with E-state index in [1.54, 1.807) is 18.1 Å².